The van der Waals surface area contributed by atoms with Crippen molar-refractivity contribution in [2.24, 2.45) is 10.9 Å². The average Bonchev–Trinajstić information content (AvgIpc) is 3.18. The maximum Gasteiger partial charge on any atom is 0.194 e. The molecule has 0 saturated carbocycles. The van der Waals surface area contributed by atoms with Crippen molar-refractivity contribution < 1.29 is 14.6 Å². The zero-order chi connectivity index (χ0) is 14.1. The quantitative estimate of drug-likeness (QED) is 0.702. The number of carbonyl (C=O) groups is 1. The maximum atomic E-state index is 12.8. The predicted octanol–water partition coefficient (Wildman–Crippen LogP) is 0.903. The number of carbonyl (C=O) groups excluding carboxylic acids is 1. The van der Waals surface area contributed by atoms with Gasteiger partial charge in [0, 0.05) is 13.0 Å². The van der Waals surface area contributed by atoms with Crippen LogP contribution in [0, 0.1) is 5.92 Å². The van der Waals surface area contributed by atoms with E-state index in [2.05, 4.69) is 24.2 Å². The summed E-state index contributed by atoms with van der Waals surface area (Å²) in [5.74, 6) is 1.27. The van der Waals surface area contributed by atoms with Crippen molar-refractivity contribution in [3.63, 3.8) is 0 Å². The molecule has 19 heavy (non-hydrogen) atoms. The summed E-state index contributed by atoms with van der Waals surface area (Å²) < 4.78 is 5.26. The lowest BCUT2D eigenvalue weighted by Gasteiger charge is -2.39. The van der Waals surface area contributed by atoms with Crippen molar-refractivity contribution in [1.82, 2.24) is 5.32 Å². The molecule has 2 heterocycles. The number of aliphatic hydroxyl groups excluding tert-OH is 1. The number of ether oxygens (including phenoxy) is 1. The van der Waals surface area contributed by atoms with Crippen LogP contribution >= 0.6 is 0 Å². The summed E-state index contributed by atoms with van der Waals surface area (Å²) in [6.45, 7) is 7.00. The molecule has 2 aliphatic rings. The zero-order valence-electron chi connectivity index (χ0n) is 12.0. The summed E-state index contributed by atoms with van der Waals surface area (Å²) in [7, 11) is 0. The Morgan fingerprint density at radius 2 is 2.26 bits per heavy atom. The highest BCUT2D eigenvalue weighted by Gasteiger charge is 2.59. The van der Waals surface area contributed by atoms with Crippen LogP contribution in [0.1, 0.15) is 40.0 Å². The molecule has 0 aromatic carbocycles. The molecule has 0 radical (unpaired) electrons. The highest BCUT2D eigenvalue weighted by molar-refractivity contribution is 6.01. The second-order valence-electron chi connectivity index (χ2n) is 6.01. The minimum Gasteiger partial charge on any atom is -0.393 e. The van der Waals surface area contributed by atoms with Crippen LogP contribution in [0.15, 0.2) is 4.99 Å². The lowest BCUT2D eigenvalue weighted by molar-refractivity contribution is -0.132. The van der Waals surface area contributed by atoms with Gasteiger partial charge in [0.15, 0.2) is 11.4 Å². The van der Waals surface area contributed by atoms with Crippen molar-refractivity contribution in [3.8, 4) is 0 Å². The van der Waals surface area contributed by atoms with E-state index in [0.717, 1.165) is 18.7 Å². The maximum absolute atomic E-state index is 12.8. The second kappa shape index (κ2) is 5.21. The van der Waals surface area contributed by atoms with Gasteiger partial charge < -0.3 is 15.2 Å². The van der Waals surface area contributed by atoms with Crippen LogP contribution in [0.4, 0.5) is 0 Å². The Balaban J connectivity index is 2.25. The number of rotatable bonds is 6. The average molecular weight is 268 g/mol. The molecular weight excluding hydrogens is 244 g/mol. The third-order valence-corrected chi connectivity index (χ3v) is 3.91. The molecule has 0 aliphatic carbocycles. The fourth-order valence-corrected chi connectivity index (χ4v) is 2.89. The van der Waals surface area contributed by atoms with Gasteiger partial charge in [0.05, 0.1) is 19.0 Å². The fraction of sp³-hybridized carbons (Fsp3) is 0.857. The smallest absolute Gasteiger partial charge is 0.194 e. The number of nitrogens with one attached hydrogen (secondary N) is 1. The topological polar surface area (TPSA) is 74.2 Å². The summed E-state index contributed by atoms with van der Waals surface area (Å²) in [5.41, 5.74) is -1.58. The Kier molecular flexibility index (Phi) is 3.97. The standard InChI is InChI=1S/C14H24N2O3/c1-4-11-15-6-5-13(16-11,7-10(2)3)12(18)14(8-17)9-19-14/h10,17H,4-9H2,1-3H3,(H,15,16). The minimum absolute atomic E-state index is 0.00273. The number of hydrogen-bond acceptors (Lipinski definition) is 5. The van der Waals surface area contributed by atoms with Crippen LogP contribution in [0.2, 0.25) is 0 Å². The first-order chi connectivity index (χ1) is 8.98. The van der Waals surface area contributed by atoms with E-state index in [0.29, 0.717) is 25.5 Å². The number of aliphatic hydroxyl groups is 1. The normalized spacial score (nSPS) is 33.8. The first kappa shape index (κ1) is 14.5. The molecule has 5 nitrogen and oxygen atoms in total. The van der Waals surface area contributed by atoms with Gasteiger partial charge in [-0.3, -0.25) is 9.79 Å². The van der Waals surface area contributed by atoms with Crippen molar-refractivity contribution in [1.29, 1.82) is 0 Å². The molecule has 0 aromatic heterocycles. The molecule has 0 bridgehead atoms. The number of ketones is 1. The van der Waals surface area contributed by atoms with E-state index in [1.165, 1.54) is 0 Å². The van der Waals surface area contributed by atoms with Crippen LogP contribution in [-0.4, -0.2) is 47.6 Å². The van der Waals surface area contributed by atoms with Crippen molar-refractivity contribution >= 4 is 11.6 Å². The van der Waals surface area contributed by atoms with Gasteiger partial charge in [-0.15, -0.1) is 0 Å². The monoisotopic (exact) mass is 268 g/mol. The Morgan fingerprint density at radius 1 is 1.58 bits per heavy atom. The number of Topliss-reactive ketones (excluding diaryl/α,β-unsaturated/α-hetero) is 1. The molecule has 2 aliphatic heterocycles. The molecule has 0 amide bonds. The third-order valence-electron chi connectivity index (χ3n) is 3.91. The summed E-state index contributed by atoms with van der Waals surface area (Å²) >= 11 is 0. The number of nitrogens with zero attached hydrogens (tertiary/aromatic N) is 1. The summed E-state index contributed by atoms with van der Waals surface area (Å²) in [6, 6.07) is 0. The molecule has 0 aromatic rings. The molecular formula is C14H24N2O3. The van der Waals surface area contributed by atoms with Crippen LogP contribution in [0.25, 0.3) is 0 Å². The highest BCUT2D eigenvalue weighted by Crippen LogP contribution is 2.37. The second-order valence-corrected chi connectivity index (χ2v) is 6.01. The van der Waals surface area contributed by atoms with Crippen LogP contribution < -0.4 is 5.32 Å². The van der Waals surface area contributed by atoms with E-state index in [9.17, 15) is 9.90 Å². The van der Waals surface area contributed by atoms with E-state index < -0.39 is 11.1 Å². The van der Waals surface area contributed by atoms with E-state index in [1.54, 1.807) is 0 Å². The number of epoxide rings is 1. The van der Waals surface area contributed by atoms with Crippen LogP contribution in [0.5, 0.6) is 0 Å². The summed E-state index contributed by atoms with van der Waals surface area (Å²) in [4.78, 5) is 17.2. The third kappa shape index (κ3) is 2.67. The number of aliphatic imine (C=N–C) groups is 1. The van der Waals surface area contributed by atoms with Crippen LogP contribution in [0.3, 0.4) is 0 Å². The van der Waals surface area contributed by atoms with Gasteiger partial charge in [-0.25, -0.2) is 0 Å². The van der Waals surface area contributed by atoms with Gasteiger partial charge in [-0.2, -0.15) is 0 Å². The molecule has 5 heteroatoms. The van der Waals surface area contributed by atoms with Gasteiger partial charge in [-0.05, 0) is 18.8 Å². The lowest BCUT2D eigenvalue weighted by Crippen LogP contribution is -2.62. The molecule has 1 saturated heterocycles. The molecule has 108 valence electrons. The van der Waals surface area contributed by atoms with Gasteiger partial charge in [0.2, 0.25) is 0 Å². The van der Waals surface area contributed by atoms with E-state index in [4.69, 9.17) is 4.74 Å². The lowest BCUT2D eigenvalue weighted by atomic mass is 9.76. The Morgan fingerprint density at radius 3 is 2.74 bits per heavy atom. The van der Waals surface area contributed by atoms with Crippen molar-refractivity contribution in [2.75, 3.05) is 19.8 Å². The van der Waals surface area contributed by atoms with Crippen molar-refractivity contribution in [2.45, 2.75) is 51.2 Å². The van der Waals surface area contributed by atoms with Gasteiger partial charge >= 0.3 is 0 Å². The van der Waals surface area contributed by atoms with Gasteiger partial charge in [-0.1, -0.05) is 20.8 Å². The minimum atomic E-state index is -0.960. The Hall–Kier alpha value is -0.940. The van der Waals surface area contributed by atoms with E-state index in [1.807, 2.05) is 6.92 Å². The molecule has 2 rings (SSSR count). The van der Waals surface area contributed by atoms with Gasteiger partial charge in [0.25, 0.3) is 0 Å². The summed E-state index contributed by atoms with van der Waals surface area (Å²) in [6.07, 6.45) is 2.22. The first-order valence-electron chi connectivity index (χ1n) is 7.09. The molecule has 0 spiro atoms. The molecule has 1 fully saturated rings. The predicted molar refractivity (Wildman–Crippen MR) is 73.3 cm³/mol. The van der Waals surface area contributed by atoms with E-state index in [-0.39, 0.29) is 12.4 Å². The molecule has 2 atom stereocenters. The van der Waals surface area contributed by atoms with Gasteiger partial charge in [0.1, 0.15) is 5.54 Å². The number of hydrogen-bond donors (Lipinski definition) is 2. The SMILES string of the molecule is CCC1=NCCC(CC(C)C)(C(=O)C2(CO)CO2)N1. The fourth-order valence-electron chi connectivity index (χ4n) is 2.89. The van der Waals surface area contributed by atoms with E-state index >= 15 is 0 Å². The Bertz CT molecular complexity index is 388. The summed E-state index contributed by atoms with van der Waals surface area (Å²) in [5, 5.41) is 12.8. The largest absolute Gasteiger partial charge is 0.393 e. The van der Waals surface area contributed by atoms with Crippen LogP contribution in [-0.2, 0) is 9.53 Å². The Labute approximate surface area is 114 Å². The zero-order valence-corrected chi connectivity index (χ0v) is 12.0. The molecule has 2 N–H and O–H groups in total. The first-order valence-corrected chi connectivity index (χ1v) is 7.09. The molecule has 2 unspecified atom stereocenters. The highest BCUT2D eigenvalue weighted by atomic mass is 16.6. The number of amidine groups is 1. The van der Waals surface area contributed by atoms with Crippen molar-refractivity contribution in [3.05, 3.63) is 0 Å².